The SMILES string of the molecule is O=C(Nc1ccccc1O)C(=O)C(=C(O)c1ccc(Cl)cc1)c1nc2ccccc2[nH]c1=O. The van der Waals surface area contributed by atoms with Gasteiger partial charge in [-0.3, -0.25) is 14.4 Å². The summed E-state index contributed by atoms with van der Waals surface area (Å²) in [6.45, 7) is 0. The van der Waals surface area contributed by atoms with Gasteiger partial charge in [-0.2, -0.15) is 0 Å². The van der Waals surface area contributed by atoms with Crippen LogP contribution in [0.1, 0.15) is 11.3 Å². The fourth-order valence-corrected chi connectivity index (χ4v) is 3.28. The van der Waals surface area contributed by atoms with Gasteiger partial charge < -0.3 is 20.5 Å². The Morgan fingerprint density at radius 2 is 1.61 bits per heavy atom. The second kappa shape index (κ2) is 8.97. The Kier molecular flexibility index (Phi) is 5.93. The highest BCUT2D eigenvalue weighted by Gasteiger charge is 2.29. The molecular formula is C24H16ClN3O5. The Hall–Kier alpha value is -4.43. The Balaban J connectivity index is 1.87. The summed E-state index contributed by atoms with van der Waals surface area (Å²) >= 11 is 5.90. The highest BCUT2D eigenvalue weighted by molar-refractivity contribution is 6.57. The number of benzene rings is 3. The Morgan fingerprint density at radius 1 is 0.939 bits per heavy atom. The number of nitrogens with one attached hydrogen (secondary N) is 2. The first kappa shape index (κ1) is 21.8. The molecule has 0 spiro atoms. The molecule has 0 saturated carbocycles. The third-order valence-electron chi connectivity index (χ3n) is 4.78. The summed E-state index contributed by atoms with van der Waals surface area (Å²) in [6.07, 6.45) is 0. The average molecular weight is 462 g/mol. The van der Waals surface area contributed by atoms with Gasteiger partial charge >= 0.3 is 0 Å². The van der Waals surface area contributed by atoms with Crippen molar-refractivity contribution < 1.29 is 19.8 Å². The van der Waals surface area contributed by atoms with Crippen molar-refractivity contribution in [2.24, 2.45) is 0 Å². The van der Waals surface area contributed by atoms with Gasteiger partial charge in [0.05, 0.1) is 16.7 Å². The molecule has 0 unspecified atom stereocenters. The molecule has 8 nitrogen and oxygen atoms in total. The van der Waals surface area contributed by atoms with E-state index in [0.29, 0.717) is 16.1 Å². The number of hydrogen-bond acceptors (Lipinski definition) is 6. The maximum absolute atomic E-state index is 13.2. The molecule has 0 fully saturated rings. The molecular weight excluding hydrogens is 446 g/mol. The van der Waals surface area contributed by atoms with Gasteiger partial charge in [-0.15, -0.1) is 0 Å². The lowest BCUT2D eigenvalue weighted by atomic mass is 10.0. The minimum atomic E-state index is -1.22. The lowest BCUT2D eigenvalue weighted by Gasteiger charge is -2.11. The van der Waals surface area contributed by atoms with Crippen LogP contribution in [0.15, 0.2) is 77.6 Å². The molecule has 9 heteroatoms. The minimum absolute atomic E-state index is 0.0124. The first-order chi connectivity index (χ1) is 15.8. The number of carbonyl (C=O) groups excluding carboxylic acids is 2. The Morgan fingerprint density at radius 3 is 2.33 bits per heavy atom. The lowest BCUT2D eigenvalue weighted by molar-refractivity contribution is -0.131. The molecule has 1 heterocycles. The van der Waals surface area contributed by atoms with Crippen LogP contribution in [0.25, 0.3) is 22.4 Å². The monoisotopic (exact) mass is 461 g/mol. The number of aliphatic hydroxyl groups excluding tert-OH is 1. The molecule has 0 aliphatic rings. The number of fused-ring (bicyclic) bond motifs is 1. The molecule has 0 saturated heterocycles. The average Bonchev–Trinajstić information content (AvgIpc) is 2.81. The second-order valence-corrected chi connectivity index (χ2v) is 7.40. The normalized spacial score (nSPS) is 11.7. The Labute approximate surface area is 191 Å². The summed E-state index contributed by atoms with van der Waals surface area (Å²) in [5.74, 6) is -3.29. The van der Waals surface area contributed by atoms with Gasteiger partial charge in [-0.1, -0.05) is 35.9 Å². The Bertz CT molecular complexity index is 1480. The van der Waals surface area contributed by atoms with Gasteiger partial charge in [0.2, 0.25) is 0 Å². The number of phenols is 1. The number of aromatic amines is 1. The number of halogens is 1. The summed E-state index contributed by atoms with van der Waals surface area (Å²) < 4.78 is 0. The third kappa shape index (κ3) is 4.46. The summed E-state index contributed by atoms with van der Waals surface area (Å²) in [5, 5.41) is 23.5. The number of nitrogens with zero attached hydrogens (tertiary/aromatic N) is 1. The molecule has 0 aliphatic heterocycles. The molecule has 164 valence electrons. The highest BCUT2D eigenvalue weighted by atomic mass is 35.5. The molecule has 0 radical (unpaired) electrons. The van der Waals surface area contributed by atoms with E-state index in [-0.39, 0.29) is 17.0 Å². The van der Waals surface area contributed by atoms with E-state index in [1.165, 1.54) is 36.4 Å². The van der Waals surface area contributed by atoms with Crippen LogP contribution in [0.4, 0.5) is 5.69 Å². The number of carbonyl (C=O) groups is 2. The van der Waals surface area contributed by atoms with Gasteiger partial charge in [0.1, 0.15) is 22.8 Å². The van der Waals surface area contributed by atoms with Crippen LogP contribution >= 0.6 is 11.6 Å². The van der Waals surface area contributed by atoms with E-state index in [1.807, 2.05) is 0 Å². The molecule has 4 rings (SSSR count). The van der Waals surface area contributed by atoms with Crippen molar-refractivity contribution in [2.75, 3.05) is 5.32 Å². The maximum atomic E-state index is 13.2. The van der Waals surface area contributed by atoms with E-state index in [9.17, 15) is 24.6 Å². The molecule has 0 bridgehead atoms. The van der Waals surface area contributed by atoms with Crippen molar-refractivity contribution in [3.63, 3.8) is 0 Å². The summed E-state index contributed by atoms with van der Waals surface area (Å²) in [4.78, 5) is 45.6. The van der Waals surface area contributed by atoms with Crippen LogP contribution in [0, 0.1) is 0 Å². The van der Waals surface area contributed by atoms with E-state index in [2.05, 4.69) is 15.3 Å². The largest absolute Gasteiger partial charge is 0.506 e. The van der Waals surface area contributed by atoms with Crippen LogP contribution in [0.3, 0.4) is 0 Å². The first-order valence-electron chi connectivity index (χ1n) is 9.67. The van der Waals surface area contributed by atoms with Crippen LogP contribution in [0.2, 0.25) is 5.02 Å². The maximum Gasteiger partial charge on any atom is 0.297 e. The van der Waals surface area contributed by atoms with Crippen molar-refractivity contribution in [2.45, 2.75) is 0 Å². The molecule has 0 aliphatic carbocycles. The van der Waals surface area contributed by atoms with Crippen molar-refractivity contribution in [1.29, 1.82) is 0 Å². The second-order valence-electron chi connectivity index (χ2n) is 6.96. The lowest BCUT2D eigenvalue weighted by Crippen LogP contribution is -2.28. The quantitative estimate of drug-likeness (QED) is 0.154. The minimum Gasteiger partial charge on any atom is -0.506 e. The summed E-state index contributed by atoms with van der Waals surface area (Å²) in [7, 11) is 0. The molecule has 0 atom stereocenters. The van der Waals surface area contributed by atoms with Crippen molar-refractivity contribution in [1.82, 2.24) is 9.97 Å². The number of anilines is 1. The fraction of sp³-hybridized carbons (Fsp3) is 0. The molecule has 3 aromatic carbocycles. The van der Waals surface area contributed by atoms with Crippen molar-refractivity contribution in [3.05, 3.63) is 99.4 Å². The number of para-hydroxylation sites is 4. The van der Waals surface area contributed by atoms with Gasteiger partial charge in [0.15, 0.2) is 0 Å². The van der Waals surface area contributed by atoms with E-state index < -0.39 is 34.3 Å². The number of aromatic hydroxyl groups is 1. The van der Waals surface area contributed by atoms with Gasteiger partial charge in [0.25, 0.3) is 17.2 Å². The number of aliphatic hydroxyl groups is 1. The van der Waals surface area contributed by atoms with Crippen LogP contribution < -0.4 is 10.9 Å². The molecule has 1 amide bonds. The topological polar surface area (TPSA) is 132 Å². The van der Waals surface area contributed by atoms with Gasteiger partial charge in [-0.25, -0.2) is 4.98 Å². The number of hydrogen-bond donors (Lipinski definition) is 4. The van der Waals surface area contributed by atoms with Crippen LogP contribution in [0.5, 0.6) is 5.75 Å². The van der Waals surface area contributed by atoms with E-state index in [0.717, 1.165) is 0 Å². The number of H-pyrrole nitrogens is 1. The summed E-state index contributed by atoms with van der Waals surface area (Å²) in [5.41, 5.74) is -0.900. The number of amides is 1. The zero-order valence-corrected chi connectivity index (χ0v) is 17.6. The van der Waals surface area contributed by atoms with Crippen LogP contribution in [-0.2, 0) is 9.59 Å². The zero-order valence-electron chi connectivity index (χ0n) is 16.9. The predicted molar refractivity (Wildman–Crippen MR) is 125 cm³/mol. The number of phenolic OH excluding ortho intramolecular Hbond substituents is 1. The molecule has 4 N–H and O–H groups in total. The number of aromatic nitrogens is 2. The number of Topliss-reactive ketones (excluding diaryl/α,β-unsaturated/α-hetero) is 1. The summed E-state index contributed by atoms with van der Waals surface area (Å²) in [6, 6.07) is 18.3. The number of ketones is 1. The predicted octanol–water partition coefficient (Wildman–Crippen LogP) is 3.92. The molecule has 4 aromatic rings. The van der Waals surface area contributed by atoms with E-state index in [4.69, 9.17) is 11.6 Å². The van der Waals surface area contributed by atoms with Crippen LogP contribution in [-0.4, -0.2) is 31.9 Å². The number of rotatable bonds is 5. The highest BCUT2D eigenvalue weighted by Crippen LogP contribution is 2.26. The van der Waals surface area contributed by atoms with E-state index in [1.54, 1.807) is 36.4 Å². The van der Waals surface area contributed by atoms with E-state index >= 15 is 0 Å². The molecule has 33 heavy (non-hydrogen) atoms. The first-order valence-corrected chi connectivity index (χ1v) is 10.0. The van der Waals surface area contributed by atoms with Gasteiger partial charge in [0, 0.05) is 10.6 Å². The van der Waals surface area contributed by atoms with Gasteiger partial charge in [-0.05, 0) is 48.5 Å². The third-order valence-corrected chi connectivity index (χ3v) is 5.03. The molecule has 1 aromatic heterocycles. The van der Waals surface area contributed by atoms with Crippen molar-refractivity contribution in [3.8, 4) is 5.75 Å². The standard InChI is InChI=1S/C24H16ClN3O5/c25-14-11-9-13(10-12-14)21(30)19(20-23(32)27-16-6-2-1-5-15(16)26-20)22(31)24(33)28-17-7-3-4-8-18(17)29/h1-12,29-30H,(H,27,32)(H,28,33). The smallest absolute Gasteiger partial charge is 0.297 e. The zero-order chi connectivity index (χ0) is 23.5. The van der Waals surface area contributed by atoms with Crippen molar-refractivity contribution >= 4 is 51.3 Å². The fourth-order valence-electron chi connectivity index (χ4n) is 3.15.